The molecule has 3 aliphatic heterocycles. The molecule has 1 saturated heterocycles. The molecule has 1 N–H and O–H groups in total. The lowest BCUT2D eigenvalue weighted by molar-refractivity contribution is -0.176. The molecule has 3 aliphatic rings. The third-order valence-electron chi connectivity index (χ3n) is 6.15. The number of alkyl halides is 3. The van der Waals surface area contributed by atoms with Crippen molar-refractivity contribution < 1.29 is 36.9 Å². The summed E-state index contributed by atoms with van der Waals surface area (Å²) in [6, 6.07) is 6.48. The molecule has 4 heterocycles. The molecule has 11 heteroatoms. The van der Waals surface area contributed by atoms with Gasteiger partial charge in [-0.2, -0.15) is 18.3 Å². The van der Waals surface area contributed by atoms with Crippen molar-refractivity contribution in [3.05, 3.63) is 41.1 Å². The SMILES string of the molecule is O=C(NC1COc2ccc(COCC(F)(F)F)cc2C1)c1cc2n(n1)CCC(C1CCCO1)O2. The molecule has 2 aromatic rings. The molecule has 5 rings (SSSR count). The zero-order valence-electron chi connectivity index (χ0n) is 18.5. The molecule has 0 saturated carbocycles. The minimum absolute atomic E-state index is 0.0276. The fourth-order valence-electron chi connectivity index (χ4n) is 4.56. The van der Waals surface area contributed by atoms with Crippen molar-refractivity contribution in [3.8, 4) is 11.6 Å². The Labute approximate surface area is 194 Å². The van der Waals surface area contributed by atoms with E-state index in [0.29, 0.717) is 30.2 Å². The van der Waals surface area contributed by atoms with E-state index in [4.69, 9.17) is 18.9 Å². The lowest BCUT2D eigenvalue weighted by Gasteiger charge is -2.28. The first-order valence-corrected chi connectivity index (χ1v) is 11.4. The van der Waals surface area contributed by atoms with Crippen LogP contribution in [-0.2, 0) is 29.0 Å². The quantitative estimate of drug-likeness (QED) is 0.683. The normalized spacial score (nSPS) is 24.0. The van der Waals surface area contributed by atoms with Crippen LogP contribution in [0.5, 0.6) is 11.6 Å². The number of halogens is 3. The summed E-state index contributed by atoms with van der Waals surface area (Å²) in [6.45, 7) is 0.245. The maximum atomic E-state index is 12.8. The molecule has 0 radical (unpaired) electrons. The highest BCUT2D eigenvalue weighted by Crippen LogP contribution is 2.29. The summed E-state index contributed by atoms with van der Waals surface area (Å²) < 4.78 is 60.9. The van der Waals surface area contributed by atoms with Gasteiger partial charge in [-0.3, -0.25) is 4.79 Å². The van der Waals surface area contributed by atoms with Crippen molar-refractivity contribution in [3.63, 3.8) is 0 Å². The van der Waals surface area contributed by atoms with Gasteiger partial charge in [0.05, 0.1) is 18.8 Å². The van der Waals surface area contributed by atoms with Crippen molar-refractivity contribution in [1.82, 2.24) is 15.1 Å². The van der Waals surface area contributed by atoms with E-state index in [9.17, 15) is 18.0 Å². The Hall–Kier alpha value is -2.79. The van der Waals surface area contributed by atoms with Crippen molar-refractivity contribution in [2.75, 3.05) is 19.8 Å². The predicted octanol–water partition coefficient (Wildman–Crippen LogP) is 3.03. The molecule has 8 nitrogen and oxygen atoms in total. The number of carbonyl (C=O) groups excluding carboxylic acids is 1. The van der Waals surface area contributed by atoms with Gasteiger partial charge in [0.25, 0.3) is 5.91 Å². The molecule has 184 valence electrons. The number of carbonyl (C=O) groups is 1. The fraction of sp³-hybridized carbons (Fsp3) is 0.565. The van der Waals surface area contributed by atoms with E-state index in [1.54, 1.807) is 28.9 Å². The van der Waals surface area contributed by atoms with Crippen molar-refractivity contribution in [2.24, 2.45) is 0 Å². The van der Waals surface area contributed by atoms with Gasteiger partial charge >= 0.3 is 6.18 Å². The van der Waals surface area contributed by atoms with Crippen LogP contribution in [0.3, 0.4) is 0 Å². The fourth-order valence-corrected chi connectivity index (χ4v) is 4.56. The Morgan fingerprint density at radius 3 is 2.91 bits per heavy atom. The average molecular weight is 481 g/mol. The molecular weight excluding hydrogens is 455 g/mol. The van der Waals surface area contributed by atoms with Gasteiger partial charge in [-0.05, 0) is 42.5 Å². The summed E-state index contributed by atoms with van der Waals surface area (Å²) >= 11 is 0. The van der Waals surface area contributed by atoms with E-state index in [0.717, 1.165) is 31.4 Å². The van der Waals surface area contributed by atoms with E-state index < -0.39 is 12.8 Å². The number of hydrogen-bond acceptors (Lipinski definition) is 6. The molecule has 0 spiro atoms. The van der Waals surface area contributed by atoms with Gasteiger partial charge in [0, 0.05) is 25.6 Å². The van der Waals surface area contributed by atoms with E-state index >= 15 is 0 Å². The molecule has 0 bridgehead atoms. The van der Waals surface area contributed by atoms with Crippen LogP contribution in [0.15, 0.2) is 24.3 Å². The topological polar surface area (TPSA) is 83.8 Å². The molecule has 3 atom stereocenters. The van der Waals surface area contributed by atoms with E-state index in [1.807, 2.05) is 0 Å². The maximum Gasteiger partial charge on any atom is 0.411 e. The number of hydrogen-bond donors (Lipinski definition) is 1. The highest BCUT2D eigenvalue weighted by atomic mass is 19.4. The number of aromatic nitrogens is 2. The van der Waals surface area contributed by atoms with Crippen LogP contribution in [0.1, 0.15) is 40.9 Å². The summed E-state index contributed by atoms with van der Waals surface area (Å²) in [6.07, 6.45) is -1.03. The molecular formula is C23H26F3N3O5. The van der Waals surface area contributed by atoms with E-state index in [1.165, 1.54) is 0 Å². The predicted molar refractivity (Wildman–Crippen MR) is 113 cm³/mol. The molecule has 1 amide bonds. The van der Waals surface area contributed by atoms with Gasteiger partial charge in [0.2, 0.25) is 5.88 Å². The largest absolute Gasteiger partial charge is 0.491 e. The maximum absolute atomic E-state index is 12.8. The number of rotatable bonds is 6. The molecule has 1 fully saturated rings. The van der Waals surface area contributed by atoms with Crippen LogP contribution in [0.2, 0.25) is 0 Å². The second-order valence-electron chi connectivity index (χ2n) is 8.82. The minimum Gasteiger partial charge on any atom is -0.491 e. The Bertz CT molecular complexity index is 1040. The van der Waals surface area contributed by atoms with E-state index in [-0.39, 0.29) is 43.1 Å². The molecule has 34 heavy (non-hydrogen) atoms. The van der Waals surface area contributed by atoms with Crippen LogP contribution in [0, 0.1) is 0 Å². The highest BCUT2D eigenvalue weighted by molar-refractivity contribution is 5.92. The Morgan fingerprint density at radius 1 is 1.24 bits per heavy atom. The van der Waals surface area contributed by atoms with Crippen LogP contribution < -0.4 is 14.8 Å². The van der Waals surface area contributed by atoms with E-state index in [2.05, 4.69) is 10.4 Å². The first kappa shape index (κ1) is 23.0. The molecule has 1 aromatic heterocycles. The van der Waals surface area contributed by atoms with Crippen LogP contribution in [0.4, 0.5) is 13.2 Å². The minimum atomic E-state index is -4.37. The monoisotopic (exact) mass is 481 g/mol. The smallest absolute Gasteiger partial charge is 0.411 e. The van der Waals surface area contributed by atoms with Crippen LogP contribution >= 0.6 is 0 Å². The number of nitrogens with zero attached hydrogens (tertiary/aromatic N) is 2. The Morgan fingerprint density at radius 2 is 2.12 bits per heavy atom. The second-order valence-corrected chi connectivity index (χ2v) is 8.82. The molecule has 1 aromatic carbocycles. The van der Waals surface area contributed by atoms with Gasteiger partial charge in [-0.25, -0.2) is 4.68 Å². The number of ether oxygens (including phenoxy) is 4. The third kappa shape index (κ3) is 5.30. The standard InChI is InChI=1S/C23H26F3N3O5/c24-23(25,26)13-31-11-14-3-4-18-15(8-14)9-16(12-33-18)27-22(30)17-10-21-29(28-17)6-5-20(34-21)19-2-1-7-32-19/h3-4,8,10,16,19-20H,1-2,5-7,9,11-13H2,(H,27,30). The van der Waals surface area contributed by atoms with Crippen molar-refractivity contribution in [2.45, 2.75) is 63.3 Å². The summed E-state index contributed by atoms with van der Waals surface area (Å²) in [5.74, 6) is 0.877. The molecule has 0 aliphatic carbocycles. The number of nitrogens with one attached hydrogen (secondary N) is 1. The molecule has 3 unspecified atom stereocenters. The van der Waals surface area contributed by atoms with Crippen LogP contribution in [0.25, 0.3) is 0 Å². The average Bonchev–Trinajstić information content (AvgIpc) is 3.47. The number of aryl methyl sites for hydroxylation is 1. The van der Waals surface area contributed by atoms with Crippen molar-refractivity contribution in [1.29, 1.82) is 0 Å². The van der Waals surface area contributed by atoms with Gasteiger partial charge in [0.15, 0.2) is 5.69 Å². The summed E-state index contributed by atoms with van der Waals surface area (Å²) in [5.41, 5.74) is 1.68. The number of amides is 1. The lowest BCUT2D eigenvalue weighted by Crippen LogP contribution is -2.43. The summed E-state index contributed by atoms with van der Waals surface area (Å²) in [4.78, 5) is 12.8. The van der Waals surface area contributed by atoms with Gasteiger partial charge in [-0.15, -0.1) is 0 Å². The Kier molecular flexibility index (Phi) is 6.39. The highest BCUT2D eigenvalue weighted by Gasteiger charge is 2.33. The van der Waals surface area contributed by atoms with Crippen molar-refractivity contribution >= 4 is 5.91 Å². The van der Waals surface area contributed by atoms with Gasteiger partial charge < -0.3 is 24.3 Å². The summed E-state index contributed by atoms with van der Waals surface area (Å²) in [5, 5.41) is 7.31. The third-order valence-corrected chi connectivity index (χ3v) is 6.15. The Balaban J connectivity index is 1.18. The first-order chi connectivity index (χ1) is 16.3. The second kappa shape index (κ2) is 9.46. The lowest BCUT2D eigenvalue weighted by atomic mass is 10.0. The zero-order chi connectivity index (χ0) is 23.7. The number of fused-ring (bicyclic) bond motifs is 2. The zero-order valence-corrected chi connectivity index (χ0v) is 18.5. The first-order valence-electron chi connectivity index (χ1n) is 11.4. The number of benzene rings is 1. The summed E-state index contributed by atoms with van der Waals surface area (Å²) in [7, 11) is 0. The van der Waals surface area contributed by atoms with Gasteiger partial charge in [-0.1, -0.05) is 6.07 Å². The van der Waals surface area contributed by atoms with Gasteiger partial charge in [0.1, 0.15) is 25.1 Å². The van der Waals surface area contributed by atoms with Crippen LogP contribution in [-0.4, -0.2) is 59.9 Å².